The molecule has 3 heteroatoms. The van der Waals surface area contributed by atoms with Crippen molar-refractivity contribution in [3.8, 4) is 0 Å². The number of thioether (sulfide) groups is 1. The fourth-order valence-electron chi connectivity index (χ4n) is 1.14. The smallest absolute Gasteiger partial charge is 0.0317 e. The molecule has 2 nitrogen and oxygen atoms in total. The molecule has 1 saturated heterocycles. The molecule has 1 rings (SSSR count). The van der Waals surface area contributed by atoms with Gasteiger partial charge in [0.2, 0.25) is 0 Å². The van der Waals surface area contributed by atoms with Crippen molar-refractivity contribution in [2.45, 2.75) is 13.0 Å². The van der Waals surface area contributed by atoms with E-state index in [4.69, 9.17) is 0 Å². The van der Waals surface area contributed by atoms with Crippen LogP contribution in [0.15, 0.2) is 0 Å². The molecule has 0 bridgehead atoms. The van der Waals surface area contributed by atoms with Gasteiger partial charge in [-0.1, -0.05) is 6.92 Å². The molecule has 1 aliphatic heterocycles. The predicted octanol–water partition coefficient (Wildman–Crippen LogP) is 0.547. The summed E-state index contributed by atoms with van der Waals surface area (Å²) in [7, 11) is 0. The Morgan fingerprint density at radius 3 is 2.82 bits per heavy atom. The lowest BCUT2D eigenvalue weighted by Gasteiger charge is -2.29. The van der Waals surface area contributed by atoms with Crippen LogP contribution in [0.4, 0.5) is 0 Å². The van der Waals surface area contributed by atoms with E-state index < -0.39 is 0 Å². The molecule has 0 saturated carbocycles. The highest BCUT2D eigenvalue weighted by Gasteiger charge is 2.15. The standard InChI is InChI=1S/C8H18N2S/c1-7(6-11-2)3-10-8-4-9-5-8/h7-10H,3-6H2,1-2H3. The summed E-state index contributed by atoms with van der Waals surface area (Å²) in [6.45, 7) is 5.79. The second kappa shape index (κ2) is 5.01. The van der Waals surface area contributed by atoms with Gasteiger partial charge in [-0.05, 0) is 24.5 Å². The first-order valence-corrected chi connectivity index (χ1v) is 5.65. The van der Waals surface area contributed by atoms with Gasteiger partial charge in [-0.3, -0.25) is 0 Å². The van der Waals surface area contributed by atoms with Gasteiger partial charge in [-0.2, -0.15) is 11.8 Å². The van der Waals surface area contributed by atoms with Gasteiger partial charge < -0.3 is 10.6 Å². The van der Waals surface area contributed by atoms with Crippen LogP contribution in [-0.2, 0) is 0 Å². The highest BCUT2D eigenvalue weighted by Crippen LogP contribution is 2.03. The molecule has 1 aliphatic rings. The van der Waals surface area contributed by atoms with Crippen molar-refractivity contribution in [3.63, 3.8) is 0 Å². The maximum absolute atomic E-state index is 3.53. The van der Waals surface area contributed by atoms with Crippen molar-refractivity contribution in [2.75, 3.05) is 31.6 Å². The topological polar surface area (TPSA) is 24.1 Å². The lowest BCUT2D eigenvalue weighted by molar-refractivity contribution is 0.351. The summed E-state index contributed by atoms with van der Waals surface area (Å²) in [6.07, 6.45) is 2.17. The maximum Gasteiger partial charge on any atom is 0.0317 e. The van der Waals surface area contributed by atoms with E-state index in [1.807, 2.05) is 11.8 Å². The summed E-state index contributed by atoms with van der Waals surface area (Å²) in [5.41, 5.74) is 0. The van der Waals surface area contributed by atoms with Gasteiger partial charge >= 0.3 is 0 Å². The quantitative estimate of drug-likeness (QED) is 0.636. The summed E-state index contributed by atoms with van der Waals surface area (Å²) >= 11 is 1.93. The number of nitrogens with one attached hydrogen (secondary N) is 2. The van der Waals surface area contributed by atoms with Crippen LogP contribution in [0, 0.1) is 5.92 Å². The van der Waals surface area contributed by atoms with Crippen molar-refractivity contribution < 1.29 is 0 Å². The minimum absolute atomic E-state index is 0.749. The van der Waals surface area contributed by atoms with Crippen LogP contribution in [0.1, 0.15) is 6.92 Å². The zero-order valence-corrected chi connectivity index (χ0v) is 8.21. The molecule has 0 amide bonds. The third-order valence-corrected chi connectivity index (χ3v) is 2.89. The van der Waals surface area contributed by atoms with Gasteiger partial charge in [0.05, 0.1) is 0 Å². The lowest BCUT2D eigenvalue weighted by Crippen LogP contribution is -2.56. The SMILES string of the molecule is CSCC(C)CNC1CNC1. The minimum Gasteiger partial charge on any atom is -0.314 e. The van der Waals surface area contributed by atoms with Crippen molar-refractivity contribution in [1.29, 1.82) is 0 Å². The van der Waals surface area contributed by atoms with Crippen LogP contribution in [-0.4, -0.2) is 37.7 Å². The summed E-state index contributed by atoms with van der Waals surface area (Å²) < 4.78 is 0. The van der Waals surface area contributed by atoms with E-state index >= 15 is 0 Å². The molecule has 0 spiro atoms. The van der Waals surface area contributed by atoms with Crippen LogP contribution in [0.2, 0.25) is 0 Å². The number of hydrogen-bond donors (Lipinski definition) is 2. The molecular formula is C8H18N2S. The Labute approximate surface area is 73.5 Å². The molecule has 0 aliphatic carbocycles. The van der Waals surface area contributed by atoms with Gasteiger partial charge in [0.1, 0.15) is 0 Å². The highest BCUT2D eigenvalue weighted by molar-refractivity contribution is 7.98. The number of rotatable bonds is 5. The van der Waals surface area contributed by atoms with E-state index in [0.29, 0.717) is 0 Å². The summed E-state index contributed by atoms with van der Waals surface area (Å²) in [5.74, 6) is 2.08. The average molecular weight is 174 g/mol. The van der Waals surface area contributed by atoms with Gasteiger partial charge in [-0.15, -0.1) is 0 Å². The molecule has 1 unspecified atom stereocenters. The predicted molar refractivity (Wildman–Crippen MR) is 52.2 cm³/mol. The maximum atomic E-state index is 3.53. The second-order valence-corrected chi connectivity index (χ2v) is 4.23. The van der Waals surface area contributed by atoms with E-state index in [2.05, 4.69) is 23.8 Å². The Balaban J connectivity index is 1.92. The molecule has 0 aromatic carbocycles. The first kappa shape index (κ1) is 9.36. The van der Waals surface area contributed by atoms with Crippen molar-refractivity contribution in [3.05, 3.63) is 0 Å². The zero-order chi connectivity index (χ0) is 8.10. The van der Waals surface area contributed by atoms with Crippen LogP contribution in [0.25, 0.3) is 0 Å². The van der Waals surface area contributed by atoms with Gasteiger partial charge in [-0.25, -0.2) is 0 Å². The Kier molecular flexibility index (Phi) is 4.26. The average Bonchev–Trinajstić information content (AvgIpc) is 1.85. The Morgan fingerprint density at radius 1 is 1.64 bits per heavy atom. The molecule has 11 heavy (non-hydrogen) atoms. The van der Waals surface area contributed by atoms with Gasteiger partial charge in [0.15, 0.2) is 0 Å². The highest BCUT2D eigenvalue weighted by atomic mass is 32.2. The molecule has 0 radical (unpaired) electrons. The van der Waals surface area contributed by atoms with Crippen LogP contribution >= 0.6 is 11.8 Å². The molecule has 0 aromatic rings. The largest absolute Gasteiger partial charge is 0.314 e. The van der Waals surface area contributed by atoms with Crippen LogP contribution < -0.4 is 10.6 Å². The normalized spacial score (nSPS) is 21.3. The second-order valence-electron chi connectivity index (χ2n) is 3.32. The van der Waals surface area contributed by atoms with E-state index in [1.54, 1.807) is 0 Å². The monoisotopic (exact) mass is 174 g/mol. The summed E-state index contributed by atoms with van der Waals surface area (Å²) in [5, 5.41) is 6.78. The molecule has 1 atom stereocenters. The Morgan fingerprint density at radius 2 is 2.36 bits per heavy atom. The summed E-state index contributed by atoms with van der Waals surface area (Å²) in [4.78, 5) is 0. The fourth-order valence-corrected chi connectivity index (χ4v) is 1.83. The third-order valence-electron chi connectivity index (χ3n) is 1.99. The summed E-state index contributed by atoms with van der Waals surface area (Å²) in [6, 6.07) is 0.749. The molecule has 2 N–H and O–H groups in total. The van der Waals surface area contributed by atoms with Crippen molar-refractivity contribution in [1.82, 2.24) is 10.6 Å². The van der Waals surface area contributed by atoms with Crippen LogP contribution in [0.3, 0.4) is 0 Å². The van der Waals surface area contributed by atoms with E-state index in [-0.39, 0.29) is 0 Å². The first-order valence-electron chi connectivity index (χ1n) is 4.26. The van der Waals surface area contributed by atoms with Crippen molar-refractivity contribution in [2.24, 2.45) is 5.92 Å². The first-order chi connectivity index (χ1) is 5.33. The van der Waals surface area contributed by atoms with E-state index in [0.717, 1.165) is 25.0 Å². The molecule has 0 aromatic heterocycles. The molecule has 1 fully saturated rings. The molecule has 66 valence electrons. The van der Waals surface area contributed by atoms with Crippen molar-refractivity contribution >= 4 is 11.8 Å². The Hall–Kier alpha value is 0.270. The Bertz CT molecular complexity index is 104. The van der Waals surface area contributed by atoms with Gasteiger partial charge in [0.25, 0.3) is 0 Å². The number of hydrogen-bond acceptors (Lipinski definition) is 3. The van der Waals surface area contributed by atoms with Gasteiger partial charge in [0, 0.05) is 19.1 Å². The third kappa shape index (κ3) is 3.45. The van der Waals surface area contributed by atoms with Crippen LogP contribution in [0.5, 0.6) is 0 Å². The lowest BCUT2D eigenvalue weighted by atomic mass is 10.1. The van der Waals surface area contributed by atoms with E-state index in [1.165, 1.54) is 12.3 Å². The molecule has 1 heterocycles. The molecular weight excluding hydrogens is 156 g/mol. The van der Waals surface area contributed by atoms with E-state index in [9.17, 15) is 0 Å². The minimum atomic E-state index is 0.749. The fraction of sp³-hybridized carbons (Fsp3) is 1.00. The zero-order valence-electron chi connectivity index (χ0n) is 7.39.